The summed E-state index contributed by atoms with van der Waals surface area (Å²) in [6.07, 6.45) is 4.18. The Labute approximate surface area is 312 Å². The van der Waals surface area contributed by atoms with Gasteiger partial charge in [0.15, 0.2) is 5.78 Å². The molecule has 2 aromatic carbocycles. The molecule has 2 N–H and O–H groups in total. The van der Waals surface area contributed by atoms with E-state index in [2.05, 4.69) is 29.9 Å². The monoisotopic (exact) mass is 759 g/mol. The lowest BCUT2D eigenvalue weighted by Gasteiger charge is -2.71. The molecule has 6 aliphatic carbocycles. The number of alkyl halides is 3. The maximum Gasteiger partial charge on any atom is 0.573 e. The van der Waals surface area contributed by atoms with Crippen LogP contribution >= 0.6 is 11.6 Å². The maximum atomic E-state index is 15.1. The van der Waals surface area contributed by atoms with Crippen LogP contribution in [0, 0.1) is 39.3 Å². The summed E-state index contributed by atoms with van der Waals surface area (Å²) in [5.74, 6) is -1.41. The Morgan fingerprint density at radius 1 is 0.981 bits per heavy atom. The van der Waals surface area contributed by atoms with E-state index in [9.17, 15) is 33.0 Å². The SMILES string of the molecule is CCOC(=O)N(Cc1ccc(OC(F)(F)F)cc1)C[C@]1(O)CC[C@H]2[C@]34C=C[C@@]5(C=C3C(=O)Cc3c(F)cccc3Cl)CC(O)CC[C@]5(C)[C@H]4CC[C@@]21C. The molecule has 6 aliphatic rings. The third kappa shape index (κ3) is 6.00. The highest BCUT2D eigenvalue weighted by molar-refractivity contribution is 6.31. The van der Waals surface area contributed by atoms with Gasteiger partial charge in [-0.05, 0) is 98.9 Å². The molecule has 2 bridgehead atoms. The van der Waals surface area contributed by atoms with Crippen LogP contribution in [0.25, 0.3) is 0 Å². The number of fused-ring (bicyclic) bond motifs is 1. The first-order chi connectivity index (χ1) is 24.9. The lowest BCUT2D eigenvalue weighted by molar-refractivity contribution is -0.274. The number of rotatable bonds is 9. The second-order valence-corrected chi connectivity index (χ2v) is 16.8. The molecule has 2 aromatic rings. The number of ether oxygens (including phenoxy) is 2. The van der Waals surface area contributed by atoms with E-state index in [1.807, 2.05) is 6.92 Å². The molecule has 0 radical (unpaired) electrons. The Morgan fingerprint density at radius 3 is 2.34 bits per heavy atom. The molecule has 8 rings (SSSR count). The van der Waals surface area contributed by atoms with Gasteiger partial charge in [-0.1, -0.05) is 61.9 Å². The average molecular weight is 760 g/mol. The van der Waals surface area contributed by atoms with Crippen LogP contribution in [0.5, 0.6) is 5.75 Å². The molecule has 1 amide bonds. The van der Waals surface area contributed by atoms with Crippen LogP contribution in [-0.2, 0) is 22.5 Å². The Balaban J connectivity index is 1.25. The number of amides is 1. The van der Waals surface area contributed by atoms with Crippen LogP contribution in [0.15, 0.2) is 66.3 Å². The fourth-order valence-corrected chi connectivity index (χ4v) is 11.6. The van der Waals surface area contributed by atoms with Crippen molar-refractivity contribution in [3.05, 3.63) is 88.2 Å². The van der Waals surface area contributed by atoms with Crippen molar-refractivity contribution in [2.45, 2.75) is 96.7 Å². The van der Waals surface area contributed by atoms with Crippen LogP contribution in [0.4, 0.5) is 22.4 Å². The maximum absolute atomic E-state index is 15.1. The molecular weight excluding hydrogens is 714 g/mol. The van der Waals surface area contributed by atoms with Crippen molar-refractivity contribution in [2.24, 2.45) is 33.5 Å². The van der Waals surface area contributed by atoms with Gasteiger partial charge in [-0.15, -0.1) is 13.2 Å². The number of ketones is 1. The second kappa shape index (κ2) is 13.1. The van der Waals surface area contributed by atoms with Crippen LogP contribution in [0.3, 0.4) is 0 Å². The van der Waals surface area contributed by atoms with E-state index in [1.165, 1.54) is 41.3 Å². The topological polar surface area (TPSA) is 96.3 Å². The molecule has 3 fully saturated rings. The van der Waals surface area contributed by atoms with Crippen LogP contribution in [-0.4, -0.2) is 58.2 Å². The Kier molecular flexibility index (Phi) is 9.38. The summed E-state index contributed by atoms with van der Waals surface area (Å²) >= 11 is 6.43. The smallest absolute Gasteiger partial charge is 0.450 e. The van der Waals surface area contributed by atoms with Gasteiger partial charge < -0.3 is 24.6 Å². The first-order valence-electron chi connectivity index (χ1n) is 18.5. The van der Waals surface area contributed by atoms with E-state index in [-0.39, 0.29) is 59.7 Å². The number of carbonyl (C=O) groups is 2. The summed E-state index contributed by atoms with van der Waals surface area (Å²) in [5, 5.41) is 24.0. The van der Waals surface area contributed by atoms with E-state index >= 15 is 4.39 Å². The summed E-state index contributed by atoms with van der Waals surface area (Å²) in [5.41, 5.74) is -2.62. The normalized spacial score (nSPS) is 35.5. The standard InChI is InChI=1S/C41H46ClF4NO6/c1-4-52-35(50)47(23-25-8-10-27(11-9-25)53-41(44,45)46)24-39(51)17-14-34-37(39,3)16-13-33-36(2)15-12-26(48)21-38(36)18-19-40(33,34)29(22-38)32(49)20-28-30(42)6-5-7-31(28)43/h5-11,18-19,22,26,33-34,48,51H,4,12-17,20-21,23-24H2,1-3H3/t26?,33-,34-,36-,37+,38+,39-,40-/m1/s1. The molecule has 53 heavy (non-hydrogen) atoms. The first kappa shape index (κ1) is 37.9. The number of halogens is 5. The molecule has 286 valence electrons. The predicted octanol–water partition coefficient (Wildman–Crippen LogP) is 8.74. The van der Waals surface area contributed by atoms with Crippen LogP contribution < -0.4 is 4.74 Å². The number of hydrogen-bond acceptors (Lipinski definition) is 6. The van der Waals surface area contributed by atoms with Crippen molar-refractivity contribution < 1.29 is 46.8 Å². The largest absolute Gasteiger partial charge is 0.573 e. The van der Waals surface area contributed by atoms with Gasteiger partial charge in [-0.2, -0.15) is 0 Å². The fraction of sp³-hybridized carbons (Fsp3) is 0.561. The zero-order valence-corrected chi connectivity index (χ0v) is 30.9. The molecule has 0 aromatic heterocycles. The number of allylic oxidation sites excluding steroid dienone is 4. The zero-order chi connectivity index (χ0) is 38.2. The van der Waals surface area contributed by atoms with E-state index < -0.39 is 52.0 Å². The summed E-state index contributed by atoms with van der Waals surface area (Å²) in [6, 6.07) is 9.59. The first-order valence-corrected chi connectivity index (χ1v) is 18.8. The van der Waals surface area contributed by atoms with Crippen molar-refractivity contribution in [3.63, 3.8) is 0 Å². The number of aliphatic hydroxyl groups is 2. The third-order valence-electron chi connectivity index (χ3n) is 13.9. The highest BCUT2D eigenvalue weighted by Gasteiger charge is 2.74. The summed E-state index contributed by atoms with van der Waals surface area (Å²) in [6.45, 7) is 5.93. The molecule has 8 atom stereocenters. The highest BCUT2D eigenvalue weighted by Crippen LogP contribution is 2.78. The lowest BCUT2D eigenvalue weighted by Crippen LogP contribution is -2.67. The Bertz CT molecular complexity index is 1830. The fourth-order valence-electron chi connectivity index (χ4n) is 11.3. The number of carbonyl (C=O) groups excluding carboxylic acids is 2. The molecule has 2 spiro atoms. The average Bonchev–Trinajstić information content (AvgIpc) is 3.36. The quantitative estimate of drug-likeness (QED) is 0.196. The number of aliphatic hydroxyl groups excluding tert-OH is 1. The van der Waals surface area contributed by atoms with E-state index in [4.69, 9.17) is 16.3 Å². The molecule has 1 unspecified atom stereocenters. The molecule has 12 heteroatoms. The Morgan fingerprint density at radius 2 is 1.66 bits per heavy atom. The zero-order valence-electron chi connectivity index (χ0n) is 30.1. The van der Waals surface area contributed by atoms with Gasteiger partial charge >= 0.3 is 12.5 Å². The van der Waals surface area contributed by atoms with Gasteiger partial charge in [0.1, 0.15) is 11.6 Å². The minimum atomic E-state index is -4.85. The molecule has 7 nitrogen and oxygen atoms in total. The Hall–Kier alpha value is -3.41. The van der Waals surface area contributed by atoms with Gasteiger partial charge in [0, 0.05) is 45.4 Å². The van der Waals surface area contributed by atoms with Crippen LogP contribution in [0.1, 0.15) is 76.8 Å². The number of hydrogen-bond donors (Lipinski definition) is 2. The molecule has 0 heterocycles. The van der Waals surface area contributed by atoms with Gasteiger partial charge in [0.05, 0.1) is 24.9 Å². The third-order valence-corrected chi connectivity index (χ3v) is 14.3. The van der Waals surface area contributed by atoms with Crippen molar-refractivity contribution >= 4 is 23.5 Å². The van der Waals surface area contributed by atoms with Gasteiger partial charge in [0.2, 0.25) is 0 Å². The minimum absolute atomic E-state index is 0.00607. The van der Waals surface area contributed by atoms with Crippen LogP contribution in [0.2, 0.25) is 5.02 Å². The second-order valence-electron chi connectivity index (χ2n) is 16.4. The highest BCUT2D eigenvalue weighted by atomic mass is 35.5. The molecule has 0 aliphatic heterocycles. The number of benzene rings is 2. The van der Waals surface area contributed by atoms with Crippen molar-refractivity contribution in [1.82, 2.24) is 4.90 Å². The number of Topliss-reactive ketones (excluding diaryl/α,β-unsaturated/α-hetero) is 1. The van der Waals surface area contributed by atoms with E-state index in [0.29, 0.717) is 49.7 Å². The molecular formula is C41H46ClF4NO6. The van der Waals surface area contributed by atoms with Crippen molar-refractivity contribution in [3.8, 4) is 5.75 Å². The van der Waals surface area contributed by atoms with Crippen molar-refractivity contribution in [1.29, 1.82) is 0 Å². The van der Waals surface area contributed by atoms with E-state index in [1.54, 1.807) is 13.0 Å². The number of nitrogens with zero attached hydrogens (tertiary/aromatic N) is 1. The summed E-state index contributed by atoms with van der Waals surface area (Å²) in [7, 11) is 0. The van der Waals surface area contributed by atoms with Gasteiger partial charge in [-0.25, -0.2) is 9.18 Å². The molecule has 0 saturated heterocycles. The molecule has 3 saturated carbocycles. The van der Waals surface area contributed by atoms with Gasteiger partial charge in [0.25, 0.3) is 0 Å². The van der Waals surface area contributed by atoms with Gasteiger partial charge in [-0.3, -0.25) is 4.79 Å². The minimum Gasteiger partial charge on any atom is -0.450 e. The lowest BCUT2D eigenvalue weighted by atomic mass is 9.32. The predicted molar refractivity (Wildman–Crippen MR) is 189 cm³/mol. The van der Waals surface area contributed by atoms with E-state index in [0.717, 1.165) is 6.42 Å². The summed E-state index contributed by atoms with van der Waals surface area (Å²) < 4.78 is 62.9. The summed E-state index contributed by atoms with van der Waals surface area (Å²) in [4.78, 5) is 29.5. The van der Waals surface area contributed by atoms with Crippen molar-refractivity contribution in [2.75, 3.05) is 13.2 Å².